The van der Waals surface area contributed by atoms with Crippen LogP contribution in [-0.2, 0) is 9.59 Å². The lowest BCUT2D eigenvalue weighted by atomic mass is 10.0. The number of aromatic carboxylic acids is 1. The van der Waals surface area contributed by atoms with Gasteiger partial charge in [0, 0.05) is 12.2 Å². The number of carboxylic acid groups (broad SMARTS) is 1. The van der Waals surface area contributed by atoms with E-state index in [0.717, 1.165) is 5.69 Å². The summed E-state index contributed by atoms with van der Waals surface area (Å²) in [5.74, 6) is -1.95. The molecule has 1 atom stereocenters. The summed E-state index contributed by atoms with van der Waals surface area (Å²) in [5.41, 5.74) is 2.34. The van der Waals surface area contributed by atoms with Crippen LogP contribution in [0.25, 0.3) is 0 Å². The normalized spacial score (nSPS) is 16.2. The Morgan fingerprint density at radius 2 is 1.86 bits per heavy atom. The lowest BCUT2D eigenvalue weighted by Gasteiger charge is -2.18. The second-order valence-corrected chi connectivity index (χ2v) is 7.29. The zero-order chi connectivity index (χ0) is 21.1. The van der Waals surface area contributed by atoms with E-state index in [-0.39, 0.29) is 17.2 Å². The number of benzene rings is 2. The minimum absolute atomic E-state index is 0.0489. The van der Waals surface area contributed by atoms with Crippen LogP contribution in [0.2, 0.25) is 0 Å². The molecule has 0 radical (unpaired) electrons. The van der Waals surface area contributed by atoms with Crippen molar-refractivity contribution < 1.29 is 24.2 Å². The number of anilines is 2. The monoisotopic (exact) mass is 396 g/mol. The number of hydrogen-bond acceptors (Lipinski definition) is 4. The van der Waals surface area contributed by atoms with E-state index in [1.54, 1.807) is 4.90 Å². The number of carbonyl (C=O) groups is 3. The first kappa shape index (κ1) is 20.4. The third kappa shape index (κ3) is 4.23. The molecule has 1 unspecified atom stereocenters. The molecule has 2 aromatic carbocycles. The molecule has 29 heavy (non-hydrogen) atoms. The second-order valence-electron chi connectivity index (χ2n) is 7.29. The maximum absolute atomic E-state index is 12.8. The highest BCUT2D eigenvalue weighted by atomic mass is 16.5. The van der Waals surface area contributed by atoms with Crippen LogP contribution in [-0.4, -0.2) is 36.5 Å². The molecule has 1 aliphatic heterocycles. The number of ether oxygens (including phenoxy) is 1. The fraction of sp³-hybridized carbons (Fsp3) is 0.318. The lowest BCUT2D eigenvalue weighted by molar-refractivity contribution is -0.129. The molecule has 2 N–H and O–H groups in total. The number of nitrogens with zero attached hydrogens (tertiary/aromatic N) is 1. The van der Waals surface area contributed by atoms with Gasteiger partial charge in [0.1, 0.15) is 11.7 Å². The molecule has 0 saturated carbocycles. The molecule has 3 rings (SSSR count). The van der Waals surface area contributed by atoms with Gasteiger partial charge in [-0.05, 0) is 48.2 Å². The topological polar surface area (TPSA) is 95.9 Å². The molecule has 0 spiro atoms. The zero-order valence-corrected chi connectivity index (χ0v) is 16.6. The number of rotatable bonds is 6. The maximum atomic E-state index is 12.8. The van der Waals surface area contributed by atoms with Crippen LogP contribution in [0.3, 0.4) is 0 Å². The Hall–Kier alpha value is -3.35. The lowest BCUT2D eigenvalue weighted by Crippen LogP contribution is -2.33. The molecule has 0 aromatic heterocycles. The van der Waals surface area contributed by atoms with Gasteiger partial charge in [-0.2, -0.15) is 0 Å². The summed E-state index contributed by atoms with van der Waals surface area (Å²) in [7, 11) is 1.39. The first-order valence-corrected chi connectivity index (χ1v) is 9.45. The number of carboxylic acids is 1. The Bertz CT molecular complexity index is 937. The van der Waals surface area contributed by atoms with Gasteiger partial charge in [-0.15, -0.1) is 0 Å². The van der Waals surface area contributed by atoms with E-state index in [0.29, 0.717) is 24.6 Å². The van der Waals surface area contributed by atoms with Gasteiger partial charge in [-0.25, -0.2) is 4.79 Å². The van der Waals surface area contributed by atoms with Crippen LogP contribution in [0, 0.1) is 5.92 Å². The minimum atomic E-state index is -1.09. The Morgan fingerprint density at radius 1 is 1.17 bits per heavy atom. The van der Waals surface area contributed by atoms with Crippen molar-refractivity contribution in [2.45, 2.75) is 26.2 Å². The Morgan fingerprint density at radius 3 is 2.45 bits per heavy atom. The molecule has 0 aliphatic carbocycles. The van der Waals surface area contributed by atoms with Crippen molar-refractivity contribution in [2.24, 2.45) is 5.92 Å². The summed E-state index contributed by atoms with van der Waals surface area (Å²) < 4.78 is 5.17. The van der Waals surface area contributed by atoms with Crippen LogP contribution in [0.5, 0.6) is 5.75 Å². The average molecular weight is 396 g/mol. The quantitative estimate of drug-likeness (QED) is 0.729. The third-order valence-electron chi connectivity index (χ3n) is 5.10. The summed E-state index contributed by atoms with van der Waals surface area (Å²) in [5, 5.41) is 11.8. The van der Waals surface area contributed by atoms with E-state index in [2.05, 4.69) is 19.2 Å². The van der Waals surface area contributed by atoms with Gasteiger partial charge in [0.2, 0.25) is 11.8 Å². The van der Waals surface area contributed by atoms with Crippen molar-refractivity contribution in [2.75, 3.05) is 23.9 Å². The van der Waals surface area contributed by atoms with Crippen molar-refractivity contribution in [3.8, 4) is 5.75 Å². The molecule has 1 heterocycles. The first-order chi connectivity index (χ1) is 13.8. The van der Waals surface area contributed by atoms with Gasteiger partial charge in [-0.1, -0.05) is 26.0 Å². The molecule has 1 aliphatic rings. The highest BCUT2D eigenvalue weighted by molar-refractivity contribution is 6.13. The van der Waals surface area contributed by atoms with Gasteiger partial charge in [0.05, 0.1) is 18.4 Å². The van der Waals surface area contributed by atoms with E-state index in [9.17, 15) is 14.4 Å². The van der Waals surface area contributed by atoms with E-state index in [1.165, 1.54) is 30.9 Å². The smallest absolute Gasteiger partial charge is 0.335 e. The van der Waals surface area contributed by atoms with Gasteiger partial charge in [0.25, 0.3) is 0 Å². The summed E-state index contributed by atoms with van der Waals surface area (Å²) >= 11 is 0. The molecule has 7 nitrogen and oxygen atoms in total. The Balaban J connectivity index is 1.72. The summed E-state index contributed by atoms with van der Waals surface area (Å²) in [4.78, 5) is 38.2. The van der Waals surface area contributed by atoms with Gasteiger partial charge in [0.15, 0.2) is 0 Å². The van der Waals surface area contributed by atoms with Crippen LogP contribution in [0.15, 0.2) is 42.5 Å². The van der Waals surface area contributed by atoms with E-state index < -0.39 is 17.8 Å². The molecule has 1 saturated heterocycles. The molecule has 2 aromatic rings. The maximum Gasteiger partial charge on any atom is 0.335 e. The van der Waals surface area contributed by atoms with Crippen LogP contribution >= 0.6 is 0 Å². The van der Waals surface area contributed by atoms with Gasteiger partial charge in [-0.3, -0.25) is 9.59 Å². The minimum Gasteiger partial charge on any atom is -0.495 e. The molecular formula is C22H24N2O5. The van der Waals surface area contributed by atoms with Crippen molar-refractivity contribution in [1.29, 1.82) is 0 Å². The predicted molar refractivity (Wildman–Crippen MR) is 110 cm³/mol. The molecule has 1 fully saturated rings. The number of hydrogen-bond donors (Lipinski definition) is 2. The van der Waals surface area contributed by atoms with E-state index in [4.69, 9.17) is 9.84 Å². The molecule has 2 amide bonds. The molecule has 0 bridgehead atoms. The largest absolute Gasteiger partial charge is 0.495 e. The number of amides is 2. The molecule has 152 valence electrons. The Labute approximate surface area is 169 Å². The van der Waals surface area contributed by atoms with E-state index >= 15 is 0 Å². The van der Waals surface area contributed by atoms with Gasteiger partial charge < -0.3 is 20.1 Å². The summed E-state index contributed by atoms with van der Waals surface area (Å²) in [6.45, 7) is 4.67. The SMILES string of the molecule is COc1cc(C(=O)O)ccc1NC(=O)C1CCN(c2ccc(C(C)C)cc2)C1=O. The third-order valence-corrected chi connectivity index (χ3v) is 5.10. The van der Waals surface area contributed by atoms with Crippen molar-refractivity contribution >= 4 is 29.2 Å². The van der Waals surface area contributed by atoms with Crippen LogP contribution in [0.4, 0.5) is 11.4 Å². The number of methoxy groups -OCH3 is 1. The molecular weight excluding hydrogens is 372 g/mol. The van der Waals surface area contributed by atoms with E-state index in [1.807, 2.05) is 24.3 Å². The van der Waals surface area contributed by atoms with Crippen molar-refractivity contribution in [3.63, 3.8) is 0 Å². The molecule has 7 heteroatoms. The standard InChI is InChI=1S/C22H24N2O5/c1-13(2)14-4-7-16(8-5-14)24-11-10-17(21(24)26)20(25)23-18-9-6-15(22(27)28)12-19(18)29-3/h4-9,12-13,17H,10-11H2,1-3H3,(H,23,25)(H,27,28). The highest BCUT2D eigenvalue weighted by Crippen LogP contribution is 2.30. The second kappa shape index (κ2) is 8.34. The van der Waals surface area contributed by atoms with Crippen molar-refractivity contribution in [1.82, 2.24) is 0 Å². The van der Waals surface area contributed by atoms with Crippen LogP contribution in [0.1, 0.15) is 42.1 Å². The summed E-state index contributed by atoms with van der Waals surface area (Å²) in [6, 6.07) is 12.0. The first-order valence-electron chi connectivity index (χ1n) is 9.45. The number of nitrogens with one attached hydrogen (secondary N) is 1. The fourth-order valence-corrected chi connectivity index (χ4v) is 3.37. The number of carbonyl (C=O) groups excluding carboxylic acids is 2. The highest BCUT2D eigenvalue weighted by Gasteiger charge is 2.37. The van der Waals surface area contributed by atoms with Crippen LogP contribution < -0.4 is 15.0 Å². The average Bonchev–Trinajstić information content (AvgIpc) is 3.09. The predicted octanol–water partition coefficient (Wildman–Crippen LogP) is 3.51. The van der Waals surface area contributed by atoms with Crippen molar-refractivity contribution in [3.05, 3.63) is 53.6 Å². The zero-order valence-electron chi connectivity index (χ0n) is 16.6. The fourth-order valence-electron chi connectivity index (χ4n) is 3.37. The van der Waals surface area contributed by atoms with Gasteiger partial charge >= 0.3 is 5.97 Å². The Kier molecular flexibility index (Phi) is 5.87. The summed E-state index contributed by atoms with van der Waals surface area (Å²) in [6.07, 6.45) is 0.409.